The molecule has 1 saturated heterocycles. The number of hydrogen-bond acceptors (Lipinski definition) is 4. The average molecular weight is 432 g/mol. The van der Waals surface area contributed by atoms with Gasteiger partial charge in [-0.3, -0.25) is 9.59 Å². The van der Waals surface area contributed by atoms with Gasteiger partial charge in [-0.15, -0.1) is 0 Å². The molecule has 164 valence electrons. The maximum Gasteiger partial charge on any atom is 0.323 e. The molecule has 32 heavy (non-hydrogen) atoms. The van der Waals surface area contributed by atoms with Crippen LogP contribution in [0.15, 0.2) is 77.4 Å². The van der Waals surface area contributed by atoms with Gasteiger partial charge in [-0.2, -0.15) is 0 Å². The van der Waals surface area contributed by atoms with Crippen molar-refractivity contribution in [1.82, 2.24) is 4.90 Å². The summed E-state index contributed by atoms with van der Waals surface area (Å²) in [5.74, 6) is -0.292. The Kier molecular flexibility index (Phi) is 6.50. The first-order valence-corrected chi connectivity index (χ1v) is 10.5. The molecule has 0 saturated carbocycles. The molecule has 1 aliphatic rings. The van der Waals surface area contributed by atoms with Crippen LogP contribution in [-0.2, 0) is 4.79 Å². The van der Waals surface area contributed by atoms with Crippen LogP contribution in [0.4, 0.5) is 21.9 Å². The molecular formula is C24H24N4O4. The maximum atomic E-state index is 12.9. The van der Waals surface area contributed by atoms with Crippen LogP contribution in [0.3, 0.4) is 0 Å². The van der Waals surface area contributed by atoms with Crippen molar-refractivity contribution in [3.63, 3.8) is 0 Å². The van der Waals surface area contributed by atoms with Crippen LogP contribution in [0, 0.1) is 0 Å². The van der Waals surface area contributed by atoms with E-state index in [0.29, 0.717) is 30.0 Å². The van der Waals surface area contributed by atoms with E-state index in [0.717, 1.165) is 12.8 Å². The Morgan fingerprint density at radius 3 is 2.09 bits per heavy atom. The van der Waals surface area contributed by atoms with E-state index in [1.807, 2.05) is 18.2 Å². The Hall–Kier alpha value is -4.07. The molecule has 3 N–H and O–H groups in total. The largest absolute Gasteiger partial charge is 0.459 e. The molecule has 2 heterocycles. The summed E-state index contributed by atoms with van der Waals surface area (Å²) in [5.41, 5.74) is 1.86. The topological polar surface area (TPSA) is 104 Å². The molecule has 2 aromatic carbocycles. The fourth-order valence-electron chi connectivity index (χ4n) is 3.67. The van der Waals surface area contributed by atoms with Crippen molar-refractivity contribution >= 4 is 34.9 Å². The lowest BCUT2D eigenvalue weighted by Gasteiger charge is -2.34. The number of para-hydroxylation sites is 1. The summed E-state index contributed by atoms with van der Waals surface area (Å²) in [5, 5.41) is 8.36. The van der Waals surface area contributed by atoms with Crippen molar-refractivity contribution < 1.29 is 18.8 Å². The third-order valence-electron chi connectivity index (χ3n) is 5.24. The molecule has 1 atom stereocenters. The maximum absolute atomic E-state index is 12.9. The third-order valence-corrected chi connectivity index (χ3v) is 5.24. The van der Waals surface area contributed by atoms with E-state index in [4.69, 9.17) is 4.42 Å². The Labute approximate surface area is 185 Å². The minimum atomic E-state index is -0.559. The summed E-state index contributed by atoms with van der Waals surface area (Å²) in [6.45, 7) is 0.511. The lowest BCUT2D eigenvalue weighted by Crippen LogP contribution is -2.49. The molecule has 8 nitrogen and oxygen atoms in total. The number of nitrogens with one attached hydrogen (secondary N) is 3. The Morgan fingerprint density at radius 2 is 1.44 bits per heavy atom. The Bertz CT molecular complexity index is 1070. The van der Waals surface area contributed by atoms with Crippen LogP contribution >= 0.6 is 0 Å². The second-order valence-electron chi connectivity index (χ2n) is 7.50. The highest BCUT2D eigenvalue weighted by atomic mass is 16.3. The first-order valence-electron chi connectivity index (χ1n) is 10.5. The smallest absolute Gasteiger partial charge is 0.323 e. The Balaban J connectivity index is 1.35. The SMILES string of the molecule is O=C(Nc1ccccc1)Nc1ccc(NC(=O)C2CCCCN2C(=O)c2ccco2)cc1. The number of amides is 4. The lowest BCUT2D eigenvalue weighted by atomic mass is 10.0. The third kappa shape index (κ3) is 5.15. The Morgan fingerprint density at radius 1 is 0.781 bits per heavy atom. The van der Waals surface area contributed by atoms with Gasteiger partial charge < -0.3 is 25.3 Å². The van der Waals surface area contributed by atoms with Gasteiger partial charge in [-0.25, -0.2) is 4.79 Å². The number of piperidine rings is 1. The number of hydrogen-bond donors (Lipinski definition) is 3. The summed E-state index contributed by atoms with van der Waals surface area (Å²) in [6.07, 6.45) is 3.76. The number of carbonyl (C=O) groups excluding carboxylic acids is 3. The van der Waals surface area contributed by atoms with E-state index in [-0.39, 0.29) is 23.6 Å². The quantitative estimate of drug-likeness (QED) is 0.550. The number of rotatable bonds is 5. The van der Waals surface area contributed by atoms with Crippen molar-refractivity contribution in [2.45, 2.75) is 25.3 Å². The number of likely N-dealkylation sites (tertiary alicyclic amines) is 1. The molecule has 1 aromatic heterocycles. The molecule has 1 unspecified atom stereocenters. The van der Waals surface area contributed by atoms with Crippen LogP contribution in [0.5, 0.6) is 0 Å². The highest BCUT2D eigenvalue weighted by molar-refractivity contribution is 6.01. The van der Waals surface area contributed by atoms with E-state index in [2.05, 4.69) is 16.0 Å². The van der Waals surface area contributed by atoms with Crippen LogP contribution in [0.2, 0.25) is 0 Å². The number of nitrogens with zero attached hydrogens (tertiary/aromatic N) is 1. The van der Waals surface area contributed by atoms with E-state index in [1.54, 1.807) is 53.4 Å². The van der Waals surface area contributed by atoms with Crippen molar-refractivity contribution in [2.75, 3.05) is 22.5 Å². The molecule has 4 amide bonds. The fraction of sp³-hybridized carbons (Fsp3) is 0.208. The van der Waals surface area contributed by atoms with Gasteiger partial charge in [0.25, 0.3) is 5.91 Å². The highest BCUT2D eigenvalue weighted by Gasteiger charge is 2.33. The number of urea groups is 1. The van der Waals surface area contributed by atoms with Gasteiger partial charge in [-0.1, -0.05) is 18.2 Å². The van der Waals surface area contributed by atoms with Crippen molar-refractivity contribution in [3.05, 3.63) is 78.8 Å². The lowest BCUT2D eigenvalue weighted by molar-refractivity contribution is -0.121. The molecule has 1 fully saturated rings. The fourth-order valence-corrected chi connectivity index (χ4v) is 3.67. The van der Waals surface area contributed by atoms with Gasteiger partial charge >= 0.3 is 6.03 Å². The standard InChI is InChI=1S/C24H24N4O4/c29-22(20-9-4-5-15-28(20)23(30)21-10-6-16-32-21)25-18-11-13-19(14-12-18)27-24(31)26-17-7-2-1-3-8-17/h1-3,6-8,10-14,16,20H,4-5,9,15H2,(H,25,29)(H2,26,27,31). The van der Waals surface area contributed by atoms with Gasteiger partial charge in [0.05, 0.1) is 6.26 Å². The van der Waals surface area contributed by atoms with E-state index >= 15 is 0 Å². The summed E-state index contributed by atoms with van der Waals surface area (Å²) in [4.78, 5) is 39.3. The van der Waals surface area contributed by atoms with E-state index in [1.165, 1.54) is 6.26 Å². The van der Waals surface area contributed by atoms with Crippen LogP contribution in [0.1, 0.15) is 29.8 Å². The minimum absolute atomic E-state index is 0.230. The zero-order chi connectivity index (χ0) is 22.3. The predicted molar refractivity (Wildman–Crippen MR) is 122 cm³/mol. The first kappa shape index (κ1) is 21.2. The number of carbonyl (C=O) groups is 3. The predicted octanol–water partition coefficient (Wildman–Crippen LogP) is 4.56. The summed E-state index contributed by atoms with van der Waals surface area (Å²) in [7, 11) is 0. The molecule has 3 aromatic rings. The average Bonchev–Trinajstić information content (AvgIpc) is 3.35. The van der Waals surface area contributed by atoms with Crippen LogP contribution < -0.4 is 16.0 Å². The molecule has 0 spiro atoms. The van der Waals surface area contributed by atoms with Gasteiger partial charge in [0.15, 0.2) is 5.76 Å². The monoisotopic (exact) mass is 432 g/mol. The van der Waals surface area contributed by atoms with Gasteiger partial charge in [0, 0.05) is 23.6 Å². The molecule has 4 rings (SSSR count). The van der Waals surface area contributed by atoms with Crippen molar-refractivity contribution in [2.24, 2.45) is 0 Å². The minimum Gasteiger partial charge on any atom is -0.459 e. The van der Waals surface area contributed by atoms with Crippen LogP contribution in [-0.4, -0.2) is 35.3 Å². The molecular weight excluding hydrogens is 408 g/mol. The second-order valence-corrected chi connectivity index (χ2v) is 7.50. The second kappa shape index (κ2) is 9.82. The molecule has 0 bridgehead atoms. The van der Waals surface area contributed by atoms with E-state index < -0.39 is 6.04 Å². The normalized spacial score (nSPS) is 15.6. The van der Waals surface area contributed by atoms with Gasteiger partial charge in [-0.05, 0) is 67.8 Å². The number of benzene rings is 2. The first-order chi connectivity index (χ1) is 15.6. The van der Waals surface area contributed by atoms with Crippen molar-refractivity contribution in [1.29, 1.82) is 0 Å². The molecule has 0 radical (unpaired) electrons. The highest BCUT2D eigenvalue weighted by Crippen LogP contribution is 2.22. The number of furan rings is 1. The molecule has 0 aliphatic carbocycles. The molecule has 8 heteroatoms. The van der Waals surface area contributed by atoms with Gasteiger partial charge in [0.1, 0.15) is 6.04 Å². The van der Waals surface area contributed by atoms with Gasteiger partial charge in [0.2, 0.25) is 5.91 Å². The van der Waals surface area contributed by atoms with Crippen molar-refractivity contribution in [3.8, 4) is 0 Å². The molecule has 1 aliphatic heterocycles. The van der Waals surface area contributed by atoms with E-state index in [9.17, 15) is 14.4 Å². The zero-order valence-electron chi connectivity index (χ0n) is 17.4. The number of anilines is 3. The summed E-state index contributed by atoms with van der Waals surface area (Å²) in [6, 6.07) is 18.3. The zero-order valence-corrected chi connectivity index (χ0v) is 17.4. The summed E-state index contributed by atoms with van der Waals surface area (Å²) >= 11 is 0. The summed E-state index contributed by atoms with van der Waals surface area (Å²) < 4.78 is 5.21. The van der Waals surface area contributed by atoms with Crippen LogP contribution in [0.25, 0.3) is 0 Å².